The Bertz CT molecular complexity index is 1560. The zero-order valence-corrected chi connectivity index (χ0v) is 24.0. The van der Waals surface area contributed by atoms with Crippen LogP contribution in [0.5, 0.6) is 0 Å². The van der Waals surface area contributed by atoms with Crippen molar-refractivity contribution in [1.82, 2.24) is 4.98 Å². The van der Waals surface area contributed by atoms with Gasteiger partial charge in [0.25, 0.3) is 0 Å². The summed E-state index contributed by atoms with van der Waals surface area (Å²) in [7, 11) is 0. The van der Waals surface area contributed by atoms with Crippen LogP contribution in [0.15, 0.2) is 115 Å². The number of benzene rings is 4. The third kappa shape index (κ3) is 3.61. The summed E-state index contributed by atoms with van der Waals surface area (Å²) in [4.78, 5) is 7.10. The fourth-order valence-electron chi connectivity index (χ4n) is 6.59. The number of nitrogens with zero attached hydrogens (tertiary/aromatic N) is 2. The minimum Gasteiger partial charge on any atom is -0.310 e. The van der Waals surface area contributed by atoms with Gasteiger partial charge in [-0.15, -0.1) is 34.9 Å². The van der Waals surface area contributed by atoms with Gasteiger partial charge >= 0.3 is 0 Å². The Hall–Kier alpha value is -3.52. The second-order valence-electron chi connectivity index (χ2n) is 10.9. The van der Waals surface area contributed by atoms with Crippen LogP contribution in [0.4, 0.5) is 17.1 Å². The molecule has 0 unspecified atom stereocenters. The molecule has 0 saturated heterocycles. The van der Waals surface area contributed by atoms with Gasteiger partial charge in [-0.1, -0.05) is 87.0 Å². The molecule has 1 aromatic heterocycles. The molecule has 7 rings (SSSR count). The summed E-state index contributed by atoms with van der Waals surface area (Å²) in [5.41, 5.74) is 11.0. The van der Waals surface area contributed by atoms with Gasteiger partial charge in [-0.05, 0) is 59.0 Å². The number of anilines is 3. The van der Waals surface area contributed by atoms with E-state index in [1.807, 2.05) is 12.3 Å². The maximum Gasteiger partial charge on any atom is 0.0505 e. The molecule has 1 spiro atoms. The molecule has 2 nitrogen and oxygen atoms in total. The van der Waals surface area contributed by atoms with Crippen molar-refractivity contribution in [2.24, 2.45) is 0 Å². The van der Waals surface area contributed by atoms with Gasteiger partial charge in [0.1, 0.15) is 0 Å². The first-order chi connectivity index (χ1) is 18.1. The van der Waals surface area contributed by atoms with Crippen LogP contribution in [0.3, 0.4) is 0 Å². The summed E-state index contributed by atoms with van der Waals surface area (Å²) < 4.78 is 0. The van der Waals surface area contributed by atoms with Crippen LogP contribution in [0, 0.1) is 6.07 Å². The smallest absolute Gasteiger partial charge is 0.0505 e. The van der Waals surface area contributed by atoms with Crippen LogP contribution in [-0.4, -0.2) is 4.98 Å². The summed E-state index contributed by atoms with van der Waals surface area (Å²) in [6.45, 7) is 4.76. The first-order valence-corrected chi connectivity index (χ1v) is 13.1. The minimum absolute atomic E-state index is 0. The van der Waals surface area contributed by atoms with Gasteiger partial charge in [-0.3, -0.25) is 0 Å². The molecule has 0 saturated carbocycles. The number of rotatable bonds is 2. The van der Waals surface area contributed by atoms with E-state index in [1.54, 1.807) is 0 Å². The Kier molecular flexibility index (Phi) is 6.10. The molecule has 0 atom stereocenters. The predicted molar refractivity (Wildman–Crippen MR) is 152 cm³/mol. The number of aromatic nitrogens is 1. The van der Waals surface area contributed by atoms with Crippen molar-refractivity contribution in [2.45, 2.75) is 37.5 Å². The van der Waals surface area contributed by atoms with Crippen LogP contribution in [0.2, 0.25) is 0 Å². The Labute approximate surface area is 238 Å². The predicted octanol–water partition coefficient (Wildman–Crippen LogP) is 8.74. The van der Waals surface area contributed by atoms with Crippen LogP contribution >= 0.6 is 0 Å². The molecule has 2 aliphatic rings. The maximum atomic E-state index is 4.67. The van der Waals surface area contributed by atoms with Gasteiger partial charge in [0.2, 0.25) is 0 Å². The first-order valence-electron chi connectivity index (χ1n) is 13.1. The van der Waals surface area contributed by atoms with Crippen LogP contribution in [-0.2, 0) is 30.9 Å². The van der Waals surface area contributed by atoms with Gasteiger partial charge in [0, 0.05) is 37.4 Å². The van der Waals surface area contributed by atoms with E-state index in [0.717, 1.165) is 24.1 Å². The van der Waals surface area contributed by atoms with E-state index in [4.69, 9.17) is 0 Å². The number of para-hydroxylation sites is 3. The number of hydrogen-bond donors (Lipinski definition) is 0. The molecule has 1 aliphatic carbocycles. The van der Waals surface area contributed by atoms with E-state index in [1.165, 1.54) is 39.3 Å². The fraction of sp³-hybridized carbons (Fsp3) is 0.171. The second-order valence-corrected chi connectivity index (χ2v) is 10.9. The Balaban J connectivity index is 0.00000264. The standard InChI is InChI=1S/C35H29N2.Ir/c1-34(2)21-22-35(30-24-25(19-20-27(30)34)31-16-10-11-23-36-31)28-14-6-8-17-32(28)37(26-12-4-3-5-13-26)33-18-9-7-15-29(33)35;/h3-18,20,23-24H,21-22H2,1-2H3;/q-1;. The second kappa shape index (κ2) is 9.34. The number of hydrogen-bond acceptors (Lipinski definition) is 2. The Morgan fingerprint density at radius 3 is 1.97 bits per heavy atom. The van der Waals surface area contributed by atoms with Gasteiger partial charge < -0.3 is 9.88 Å². The van der Waals surface area contributed by atoms with Gasteiger partial charge in [-0.2, -0.15) is 0 Å². The maximum absolute atomic E-state index is 4.67. The molecule has 0 amide bonds. The van der Waals surface area contributed by atoms with E-state index in [-0.39, 0.29) is 30.9 Å². The molecule has 38 heavy (non-hydrogen) atoms. The molecule has 4 aromatic carbocycles. The quantitative estimate of drug-likeness (QED) is 0.175. The number of fused-ring (bicyclic) bond motifs is 6. The van der Waals surface area contributed by atoms with E-state index >= 15 is 0 Å². The van der Waals surface area contributed by atoms with Gasteiger partial charge in [0.05, 0.1) is 11.4 Å². The fourth-order valence-corrected chi connectivity index (χ4v) is 6.59. The van der Waals surface area contributed by atoms with Crippen molar-refractivity contribution in [2.75, 3.05) is 4.90 Å². The van der Waals surface area contributed by atoms with E-state index in [2.05, 4.69) is 133 Å². The average Bonchev–Trinajstić information content (AvgIpc) is 2.95. The number of pyridine rings is 1. The molecule has 1 radical (unpaired) electrons. The Morgan fingerprint density at radius 1 is 0.684 bits per heavy atom. The molecule has 5 aromatic rings. The summed E-state index contributed by atoms with van der Waals surface area (Å²) in [6.07, 6.45) is 4.02. The van der Waals surface area contributed by atoms with Crippen molar-refractivity contribution in [1.29, 1.82) is 0 Å². The van der Waals surface area contributed by atoms with E-state index in [0.29, 0.717) is 0 Å². The zero-order chi connectivity index (χ0) is 25.0. The minimum atomic E-state index is -0.248. The van der Waals surface area contributed by atoms with Crippen molar-refractivity contribution in [3.63, 3.8) is 0 Å². The molecule has 3 heteroatoms. The third-order valence-corrected chi connectivity index (χ3v) is 8.43. The largest absolute Gasteiger partial charge is 0.310 e. The van der Waals surface area contributed by atoms with Crippen molar-refractivity contribution in [3.05, 3.63) is 144 Å². The van der Waals surface area contributed by atoms with E-state index < -0.39 is 0 Å². The molecular weight excluding hydrogens is 641 g/mol. The van der Waals surface area contributed by atoms with Crippen LogP contribution < -0.4 is 4.90 Å². The summed E-state index contributed by atoms with van der Waals surface area (Å²) >= 11 is 0. The molecule has 0 fully saturated rings. The first kappa shape index (κ1) is 24.8. The molecule has 0 bridgehead atoms. The molecule has 189 valence electrons. The third-order valence-electron chi connectivity index (χ3n) is 8.43. The molecule has 2 heterocycles. The van der Waals surface area contributed by atoms with Crippen LogP contribution in [0.1, 0.15) is 48.9 Å². The van der Waals surface area contributed by atoms with Crippen LogP contribution in [0.25, 0.3) is 11.3 Å². The molecule has 1 aliphatic heterocycles. The SMILES string of the molecule is CC1(C)CCC2(c3ccccc3N(c3ccccc3)c3ccccc32)c2cc(-c3ccccn3)[c-]cc21.[Ir]. The molecule has 0 N–H and O–H groups in total. The van der Waals surface area contributed by atoms with Crippen molar-refractivity contribution >= 4 is 17.1 Å². The van der Waals surface area contributed by atoms with Gasteiger partial charge in [-0.25, -0.2) is 0 Å². The van der Waals surface area contributed by atoms with Crippen molar-refractivity contribution < 1.29 is 20.1 Å². The monoisotopic (exact) mass is 670 g/mol. The van der Waals surface area contributed by atoms with Gasteiger partial charge in [0.15, 0.2) is 0 Å². The van der Waals surface area contributed by atoms with Crippen molar-refractivity contribution in [3.8, 4) is 11.3 Å². The summed E-state index contributed by atoms with van der Waals surface area (Å²) in [6, 6.07) is 43.1. The normalized spacial score (nSPS) is 16.1. The summed E-state index contributed by atoms with van der Waals surface area (Å²) in [5.74, 6) is 0. The topological polar surface area (TPSA) is 16.1 Å². The molecular formula is C35H29IrN2-. The Morgan fingerprint density at radius 2 is 1.32 bits per heavy atom. The average molecular weight is 670 g/mol. The summed E-state index contributed by atoms with van der Waals surface area (Å²) in [5, 5.41) is 0. The zero-order valence-electron chi connectivity index (χ0n) is 21.6. The van der Waals surface area contributed by atoms with E-state index in [9.17, 15) is 0 Å².